The fourth-order valence-electron chi connectivity index (χ4n) is 2.65. The van der Waals surface area contributed by atoms with Gasteiger partial charge in [0.25, 0.3) is 5.91 Å². The van der Waals surface area contributed by atoms with Gasteiger partial charge in [-0.15, -0.1) is 0 Å². The van der Waals surface area contributed by atoms with Gasteiger partial charge in [0.05, 0.1) is 17.1 Å². The van der Waals surface area contributed by atoms with E-state index < -0.39 is 5.95 Å². The second-order valence-corrected chi connectivity index (χ2v) is 5.85. The largest absolute Gasteiger partial charge is 0.397 e. The minimum atomic E-state index is -0.555. The van der Waals surface area contributed by atoms with Crippen molar-refractivity contribution < 1.29 is 9.18 Å². The summed E-state index contributed by atoms with van der Waals surface area (Å²) in [4.78, 5) is 20.4. The van der Waals surface area contributed by atoms with Crippen LogP contribution in [-0.4, -0.2) is 15.9 Å². The number of anilines is 4. The number of hydrogen-bond donors (Lipinski definition) is 4. The van der Waals surface area contributed by atoms with E-state index in [0.29, 0.717) is 34.1 Å². The lowest BCUT2D eigenvalue weighted by molar-refractivity contribution is -0.112. The maximum Gasteiger partial charge on any atom is 0.273 e. The molecule has 0 saturated heterocycles. The summed E-state index contributed by atoms with van der Waals surface area (Å²) in [6, 6.07) is 11.6. The van der Waals surface area contributed by atoms with Gasteiger partial charge < -0.3 is 21.7 Å². The highest BCUT2D eigenvalue weighted by Gasteiger charge is 2.17. The van der Waals surface area contributed by atoms with Crippen molar-refractivity contribution in [2.45, 2.75) is 0 Å². The molecule has 0 spiro atoms. The van der Waals surface area contributed by atoms with E-state index in [2.05, 4.69) is 25.9 Å². The number of nitrogens with one attached hydrogen (secondary N) is 3. The van der Waals surface area contributed by atoms with Crippen LogP contribution in [0.4, 0.5) is 27.3 Å². The van der Waals surface area contributed by atoms with Crippen molar-refractivity contribution in [2.24, 2.45) is 0 Å². The van der Waals surface area contributed by atoms with Crippen molar-refractivity contribution in [3.63, 3.8) is 0 Å². The van der Waals surface area contributed by atoms with Gasteiger partial charge in [-0.25, -0.2) is 9.97 Å². The molecule has 1 aliphatic heterocycles. The van der Waals surface area contributed by atoms with Gasteiger partial charge in [0, 0.05) is 24.2 Å². The Morgan fingerprint density at radius 1 is 1.11 bits per heavy atom. The first-order chi connectivity index (χ1) is 13.1. The number of nitrogens with zero attached hydrogens (tertiary/aromatic N) is 2. The summed E-state index contributed by atoms with van der Waals surface area (Å²) in [5.74, 6) is -0.280. The number of benzene rings is 1. The zero-order chi connectivity index (χ0) is 18.8. The maximum atomic E-state index is 13.0. The Morgan fingerprint density at radius 3 is 2.78 bits per heavy atom. The lowest BCUT2D eigenvalue weighted by Crippen LogP contribution is -2.24. The Kier molecular flexibility index (Phi) is 4.13. The third-order valence-corrected chi connectivity index (χ3v) is 4.04. The number of pyridine rings is 2. The molecular weight excluding hydrogens is 347 g/mol. The van der Waals surface area contributed by atoms with Crippen molar-refractivity contribution in [3.05, 3.63) is 72.7 Å². The molecule has 1 aromatic carbocycles. The number of halogens is 1. The van der Waals surface area contributed by atoms with E-state index >= 15 is 0 Å². The summed E-state index contributed by atoms with van der Waals surface area (Å²) < 4.78 is 13.0. The molecule has 5 N–H and O–H groups in total. The number of aromatic nitrogens is 2. The highest BCUT2D eigenvalue weighted by atomic mass is 19.1. The summed E-state index contributed by atoms with van der Waals surface area (Å²) in [6.07, 6.45) is 4.61. The molecule has 0 radical (unpaired) electrons. The molecule has 1 amide bonds. The summed E-state index contributed by atoms with van der Waals surface area (Å²) in [5.41, 5.74) is 9.33. The minimum Gasteiger partial charge on any atom is -0.397 e. The predicted molar refractivity (Wildman–Crippen MR) is 102 cm³/mol. The molecule has 8 heteroatoms. The molecule has 0 bridgehead atoms. The monoisotopic (exact) mass is 362 g/mol. The molecule has 0 unspecified atom stereocenters. The minimum absolute atomic E-state index is 0.323. The molecule has 1 aliphatic rings. The summed E-state index contributed by atoms with van der Waals surface area (Å²) in [7, 11) is 0. The lowest BCUT2D eigenvalue weighted by Gasteiger charge is -2.19. The maximum absolute atomic E-state index is 13.0. The third-order valence-electron chi connectivity index (χ3n) is 4.04. The smallest absolute Gasteiger partial charge is 0.273 e. The van der Waals surface area contributed by atoms with E-state index in [4.69, 9.17) is 5.73 Å². The van der Waals surface area contributed by atoms with Crippen molar-refractivity contribution in [1.82, 2.24) is 9.97 Å². The SMILES string of the molecule is Nc1ccc(-c2ccc(F)nc2)cc1NC(=O)C1=CNc2ncccc2N1. The van der Waals surface area contributed by atoms with Crippen LogP contribution in [0.2, 0.25) is 0 Å². The quantitative estimate of drug-likeness (QED) is 0.421. The van der Waals surface area contributed by atoms with E-state index in [0.717, 1.165) is 5.56 Å². The molecule has 0 atom stereocenters. The van der Waals surface area contributed by atoms with Gasteiger partial charge in [0.1, 0.15) is 5.70 Å². The molecule has 7 nitrogen and oxygen atoms in total. The molecule has 4 rings (SSSR count). The fraction of sp³-hybridized carbons (Fsp3) is 0. The molecule has 3 aromatic rings. The molecule has 134 valence electrons. The van der Waals surface area contributed by atoms with Gasteiger partial charge in [-0.2, -0.15) is 4.39 Å². The van der Waals surface area contributed by atoms with Crippen LogP contribution in [0.3, 0.4) is 0 Å². The number of nitrogen functional groups attached to an aromatic ring is 1. The van der Waals surface area contributed by atoms with E-state index in [1.807, 2.05) is 6.07 Å². The van der Waals surface area contributed by atoms with Crippen molar-refractivity contribution in [3.8, 4) is 11.1 Å². The Balaban J connectivity index is 1.56. The predicted octanol–water partition coefficient (Wildman–Crippen LogP) is 3.18. The van der Waals surface area contributed by atoms with Crippen LogP contribution in [0.5, 0.6) is 0 Å². The Bertz CT molecular complexity index is 1050. The Morgan fingerprint density at radius 2 is 1.96 bits per heavy atom. The van der Waals surface area contributed by atoms with Crippen LogP contribution in [0.1, 0.15) is 0 Å². The Labute approximate surface area is 154 Å². The number of hydrogen-bond acceptors (Lipinski definition) is 6. The molecule has 27 heavy (non-hydrogen) atoms. The number of rotatable bonds is 3. The average Bonchev–Trinajstić information content (AvgIpc) is 2.70. The summed E-state index contributed by atoms with van der Waals surface area (Å²) in [5, 5.41) is 8.77. The van der Waals surface area contributed by atoms with E-state index in [9.17, 15) is 9.18 Å². The van der Waals surface area contributed by atoms with Crippen molar-refractivity contribution >= 4 is 28.8 Å². The van der Waals surface area contributed by atoms with Gasteiger partial charge in [-0.1, -0.05) is 6.07 Å². The zero-order valence-electron chi connectivity index (χ0n) is 14.0. The molecule has 3 heterocycles. The number of carbonyl (C=O) groups is 1. The van der Waals surface area contributed by atoms with Gasteiger partial charge in [0.2, 0.25) is 5.95 Å². The van der Waals surface area contributed by atoms with E-state index in [1.54, 1.807) is 36.5 Å². The zero-order valence-corrected chi connectivity index (χ0v) is 14.0. The third kappa shape index (κ3) is 3.40. The number of amides is 1. The average molecular weight is 362 g/mol. The number of fused-ring (bicyclic) bond motifs is 1. The van der Waals surface area contributed by atoms with Crippen LogP contribution >= 0.6 is 0 Å². The standard InChI is InChI=1S/C19H15FN6O/c20-17-6-4-12(9-23-17)11-3-5-13(21)15(8-11)26-19(27)16-10-24-18-14(25-16)2-1-7-22-18/h1-10,25H,21H2,(H,22,24)(H,26,27). The molecule has 2 aromatic heterocycles. The van der Waals surface area contributed by atoms with E-state index in [1.165, 1.54) is 18.5 Å². The topological polar surface area (TPSA) is 105 Å². The van der Waals surface area contributed by atoms with Gasteiger partial charge in [-0.3, -0.25) is 4.79 Å². The van der Waals surface area contributed by atoms with Gasteiger partial charge >= 0.3 is 0 Å². The van der Waals surface area contributed by atoms with Crippen molar-refractivity contribution in [2.75, 3.05) is 21.7 Å². The summed E-state index contributed by atoms with van der Waals surface area (Å²) in [6.45, 7) is 0. The Hall–Kier alpha value is -3.94. The normalized spacial score (nSPS) is 12.3. The first kappa shape index (κ1) is 16.5. The fourth-order valence-corrected chi connectivity index (χ4v) is 2.65. The molecular formula is C19H15FN6O. The number of carbonyl (C=O) groups excluding carboxylic acids is 1. The van der Waals surface area contributed by atoms with Crippen LogP contribution in [-0.2, 0) is 4.79 Å². The van der Waals surface area contributed by atoms with Crippen molar-refractivity contribution in [1.29, 1.82) is 0 Å². The first-order valence-electron chi connectivity index (χ1n) is 8.12. The summed E-state index contributed by atoms with van der Waals surface area (Å²) >= 11 is 0. The first-order valence-corrected chi connectivity index (χ1v) is 8.12. The highest BCUT2D eigenvalue weighted by molar-refractivity contribution is 6.08. The molecule has 0 aliphatic carbocycles. The lowest BCUT2D eigenvalue weighted by atomic mass is 10.1. The van der Waals surface area contributed by atoms with E-state index in [-0.39, 0.29) is 5.91 Å². The number of nitrogens with two attached hydrogens (primary N) is 1. The van der Waals surface area contributed by atoms with Crippen LogP contribution < -0.4 is 21.7 Å². The van der Waals surface area contributed by atoms with Gasteiger partial charge in [-0.05, 0) is 42.0 Å². The van der Waals surface area contributed by atoms with Gasteiger partial charge in [0.15, 0.2) is 5.82 Å². The highest BCUT2D eigenvalue weighted by Crippen LogP contribution is 2.28. The molecule has 0 saturated carbocycles. The second-order valence-electron chi connectivity index (χ2n) is 5.85. The molecule has 0 fully saturated rings. The van der Waals surface area contributed by atoms with Crippen LogP contribution in [0.25, 0.3) is 11.1 Å². The second kappa shape index (κ2) is 6.75. The van der Waals surface area contributed by atoms with Crippen LogP contribution in [0.15, 0.2) is 66.8 Å². The van der Waals surface area contributed by atoms with Crippen LogP contribution in [0, 0.1) is 5.95 Å².